The summed E-state index contributed by atoms with van der Waals surface area (Å²) in [5.74, 6) is 0.697. The first kappa shape index (κ1) is 11.6. The van der Waals surface area contributed by atoms with E-state index in [1.54, 1.807) is 5.56 Å². The average Bonchev–Trinajstić information content (AvgIpc) is 2.80. The quantitative estimate of drug-likeness (QED) is 0.852. The molecule has 3 heterocycles. The molecule has 0 radical (unpaired) electrons. The maximum absolute atomic E-state index is 3.66. The fraction of sp³-hybridized carbons (Fsp3) is 0.625. The number of para-hydroxylation sites is 1. The molecule has 3 nitrogen and oxygen atoms in total. The van der Waals surface area contributed by atoms with E-state index in [1.165, 1.54) is 37.2 Å². The number of piperidine rings is 1. The lowest BCUT2D eigenvalue weighted by Crippen LogP contribution is -2.51. The van der Waals surface area contributed by atoms with Crippen molar-refractivity contribution in [3.05, 3.63) is 23.8 Å². The normalized spacial score (nSPS) is 31.6. The molecule has 19 heavy (non-hydrogen) atoms. The highest BCUT2D eigenvalue weighted by Crippen LogP contribution is 2.50. The van der Waals surface area contributed by atoms with Gasteiger partial charge in [-0.3, -0.25) is 0 Å². The molecule has 1 aromatic carbocycles. The van der Waals surface area contributed by atoms with E-state index in [0.29, 0.717) is 12.0 Å². The van der Waals surface area contributed by atoms with E-state index in [1.807, 2.05) is 0 Å². The van der Waals surface area contributed by atoms with Crippen LogP contribution in [0.25, 0.3) is 0 Å². The van der Waals surface area contributed by atoms with Crippen LogP contribution in [0.2, 0.25) is 0 Å². The molecular formula is C16H23N3. The second kappa shape index (κ2) is 4.41. The number of fused-ring (bicyclic) bond motifs is 3. The largest absolute Gasteiger partial charge is 0.381 e. The van der Waals surface area contributed by atoms with Crippen LogP contribution in [0.1, 0.15) is 37.7 Å². The van der Waals surface area contributed by atoms with Crippen molar-refractivity contribution in [2.75, 3.05) is 29.9 Å². The SMILES string of the molecule is CCCC1CNc2cccc3c2N1C1CCNCC31. The van der Waals surface area contributed by atoms with Crippen molar-refractivity contribution in [1.29, 1.82) is 0 Å². The Morgan fingerprint density at radius 2 is 2.26 bits per heavy atom. The molecule has 0 saturated carbocycles. The van der Waals surface area contributed by atoms with Crippen LogP contribution >= 0.6 is 0 Å². The van der Waals surface area contributed by atoms with Crippen LogP contribution in [0.15, 0.2) is 18.2 Å². The number of anilines is 2. The maximum atomic E-state index is 3.66. The van der Waals surface area contributed by atoms with Crippen molar-refractivity contribution in [2.24, 2.45) is 0 Å². The summed E-state index contributed by atoms with van der Waals surface area (Å²) in [5.41, 5.74) is 4.45. The van der Waals surface area contributed by atoms with Crippen LogP contribution in [0.3, 0.4) is 0 Å². The lowest BCUT2D eigenvalue weighted by molar-refractivity contribution is 0.375. The Morgan fingerprint density at radius 1 is 1.32 bits per heavy atom. The summed E-state index contributed by atoms with van der Waals surface area (Å²) in [7, 11) is 0. The first-order valence-corrected chi connectivity index (χ1v) is 7.76. The zero-order chi connectivity index (χ0) is 12.8. The van der Waals surface area contributed by atoms with E-state index in [-0.39, 0.29) is 0 Å². The zero-order valence-electron chi connectivity index (χ0n) is 11.7. The van der Waals surface area contributed by atoms with Crippen LogP contribution in [0, 0.1) is 0 Å². The minimum atomic E-state index is 0.687. The van der Waals surface area contributed by atoms with E-state index in [9.17, 15) is 0 Å². The number of nitrogens with one attached hydrogen (secondary N) is 2. The Morgan fingerprint density at radius 3 is 3.16 bits per heavy atom. The third kappa shape index (κ3) is 1.61. The van der Waals surface area contributed by atoms with Crippen molar-refractivity contribution in [2.45, 2.75) is 44.2 Å². The van der Waals surface area contributed by atoms with Crippen LogP contribution in [0.5, 0.6) is 0 Å². The molecule has 0 spiro atoms. The summed E-state index contributed by atoms with van der Waals surface area (Å²) in [5, 5.41) is 7.24. The number of hydrogen-bond donors (Lipinski definition) is 2. The molecule has 102 valence electrons. The third-order valence-corrected chi connectivity index (χ3v) is 5.07. The van der Waals surface area contributed by atoms with Crippen molar-refractivity contribution in [3.63, 3.8) is 0 Å². The summed E-state index contributed by atoms with van der Waals surface area (Å²) in [6.07, 6.45) is 3.87. The Labute approximate surface area is 115 Å². The lowest BCUT2D eigenvalue weighted by Gasteiger charge is -2.42. The minimum absolute atomic E-state index is 0.687. The summed E-state index contributed by atoms with van der Waals surface area (Å²) < 4.78 is 0. The van der Waals surface area contributed by atoms with Crippen LogP contribution in [0.4, 0.5) is 11.4 Å². The predicted molar refractivity (Wildman–Crippen MR) is 80.1 cm³/mol. The highest BCUT2D eigenvalue weighted by atomic mass is 15.3. The fourth-order valence-electron chi connectivity index (χ4n) is 4.31. The molecule has 2 N–H and O–H groups in total. The fourth-order valence-corrected chi connectivity index (χ4v) is 4.31. The van der Waals surface area contributed by atoms with E-state index in [0.717, 1.165) is 19.1 Å². The molecule has 1 saturated heterocycles. The van der Waals surface area contributed by atoms with Crippen LogP contribution in [-0.4, -0.2) is 31.7 Å². The van der Waals surface area contributed by atoms with Gasteiger partial charge >= 0.3 is 0 Å². The summed E-state index contributed by atoms with van der Waals surface area (Å²) in [6.45, 7) is 5.74. The van der Waals surface area contributed by atoms with Gasteiger partial charge in [0, 0.05) is 31.1 Å². The van der Waals surface area contributed by atoms with Gasteiger partial charge in [-0.15, -0.1) is 0 Å². The van der Waals surface area contributed by atoms with E-state index in [2.05, 4.69) is 40.7 Å². The molecule has 0 bridgehead atoms. The minimum Gasteiger partial charge on any atom is -0.381 e. The van der Waals surface area contributed by atoms with Crippen LogP contribution in [-0.2, 0) is 0 Å². The van der Waals surface area contributed by atoms with Gasteiger partial charge in [-0.1, -0.05) is 25.5 Å². The highest BCUT2D eigenvalue weighted by Gasteiger charge is 2.45. The maximum Gasteiger partial charge on any atom is 0.0644 e. The zero-order valence-corrected chi connectivity index (χ0v) is 11.7. The molecular weight excluding hydrogens is 234 g/mol. The predicted octanol–water partition coefficient (Wildman–Crippen LogP) is 2.55. The Hall–Kier alpha value is -1.22. The van der Waals surface area contributed by atoms with Gasteiger partial charge in [-0.25, -0.2) is 0 Å². The first-order chi connectivity index (χ1) is 9.40. The molecule has 4 rings (SSSR count). The standard InChI is InChI=1S/C16H23N3/c1-2-4-11-9-18-14-6-3-5-12-13-10-17-8-7-15(13)19(11)16(12)14/h3,5-6,11,13,15,17-18H,2,4,7-10H2,1H3. The van der Waals surface area contributed by atoms with Gasteiger partial charge in [-0.2, -0.15) is 0 Å². The molecule has 0 aromatic heterocycles. The van der Waals surface area contributed by atoms with E-state index >= 15 is 0 Å². The topological polar surface area (TPSA) is 27.3 Å². The van der Waals surface area contributed by atoms with Gasteiger partial charge in [0.25, 0.3) is 0 Å². The van der Waals surface area contributed by atoms with Crippen molar-refractivity contribution < 1.29 is 0 Å². The van der Waals surface area contributed by atoms with Gasteiger partial charge in [0.1, 0.15) is 0 Å². The van der Waals surface area contributed by atoms with Crippen LogP contribution < -0.4 is 15.5 Å². The third-order valence-electron chi connectivity index (χ3n) is 5.07. The van der Waals surface area contributed by atoms with Crippen molar-refractivity contribution in [3.8, 4) is 0 Å². The molecule has 3 heteroatoms. The van der Waals surface area contributed by atoms with Gasteiger partial charge in [0.15, 0.2) is 0 Å². The average molecular weight is 257 g/mol. The van der Waals surface area contributed by atoms with Crippen molar-refractivity contribution in [1.82, 2.24) is 5.32 Å². The second-order valence-corrected chi connectivity index (χ2v) is 6.14. The first-order valence-electron chi connectivity index (χ1n) is 7.76. The molecule has 3 aliphatic heterocycles. The number of nitrogens with zero attached hydrogens (tertiary/aromatic N) is 1. The van der Waals surface area contributed by atoms with E-state index < -0.39 is 0 Å². The Kier molecular flexibility index (Phi) is 2.69. The Bertz CT molecular complexity index is 485. The number of benzene rings is 1. The smallest absolute Gasteiger partial charge is 0.0644 e. The van der Waals surface area contributed by atoms with Gasteiger partial charge < -0.3 is 15.5 Å². The molecule has 3 atom stereocenters. The van der Waals surface area contributed by atoms with Gasteiger partial charge in [-0.05, 0) is 31.0 Å². The molecule has 0 amide bonds. The molecule has 1 aromatic rings. The molecule has 1 fully saturated rings. The second-order valence-electron chi connectivity index (χ2n) is 6.14. The van der Waals surface area contributed by atoms with Gasteiger partial charge in [0.05, 0.1) is 11.4 Å². The molecule has 3 unspecified atom stereocenters. The monoisotopic (exact) mass is 257 g/mol. The van der Waals surface area contributed by atoms with E-state index in [4.69, 9.17) is 0 Å². The highest BCUT2D eigenvalue weighted by molar-refractivity contribution is 5.80. The van der Waals surface area contributed by atoms with Crippen molar-refractivity contribution >= 4 is 11.4 Å². The summed E-state index contributed by atoms with van der Waals surface area (Å²) >= 11 is 0. The molecule has 3 aliphatic rings. The number of rotatable bonds is 2. The lowest BCUT2D eigenvalue weighted by atomic mass is 9.90. The van der Waals surface area contributed by atoms with Gasteiger partial charge in [0.2, 0.25) is 0 Å². The Balaban J connectivity index is 1.81. The number of hydrogen-bond acceptors (Lipinski definition) is 3. The summed E-state index contributed by atoms with van der Waals surface area (Å²) in [6, 6.07) is 8.23. The molecule has 0 aliphatic carbocycles. The summed E-state index contributed by atoms with van der Waals surface area (Å²) in [4.78, 5) is 2.77.